The van der Waals surface area contributed by atoms with Gasteiger partial charge in [-0.1, -0.05) is 43.0 Å². The highest BCUT2D eigenvalue weighted by Gasteiger charge is 2.14. The SMILES string of the molecule is Cc1nc(NSc2ccc(F)c(F)c2Cl)ccc1/C=C/c1cnc(NC2CCCCC2)nc1. The number of anilines is 2. The van der Waals surface area contributed by atoms with Gasteiger partial charge >= 0.3 is 0 Å². The lowest BCUT2D eigenvalue weighted by Gasteiger charge is -2.22. The highest BCUT2D eigenvalue weighted by molar-refractivity contribution is 8.00. The Kier molecular flexibility index (Phi) is 7.77. The minimum atomic E-state index is -1.06. The van der Waals surface area contributed by atoms with Gasteiger partial charge in [-0.2, -0.15) is 0 Å². The molecule has 0 bridgehead atoms. The van der Waals surface area contributed by atoms with E-state index >= 15 is 0 Å². The zero-order chi connectivity index (χ0) is 23.2. The van der Waals surface area contributed by atoms with Gasteiger partial charge in [0.05, 0.1) is 9.92 Å². The number of rotatable bonds is 7. The first-order chi connectivity index (χ1) is 16.0. The summed E-state index contributed by atoms with van der Waals surface area (Å²) in [5, 5.41) is 3.16. The van der Waals surface area contributed by atoms with Crippen LogP contribution in [0.5, 0.6) is 0 Å². The van der Waals surface area contributed by atoms with Crippen LogP contribution in [0.3, 0.4) is 0 Å². The number of nitrogens with zero attached hydrogens (tertiary/aromatic N) is 3. The number of pyridine rings is 1. The zero-order valence-corrected chi connectivity index (χ0v) is 19.7. The van der Waals surface area contributed by atoms with Crippen molar-refractivity contribution in [3.05, 3.63) is 70.1 Å². The van der Waals surface area contributed by atoms with Crippen LogP contribution < -0.4 is 10.0 Å². The summed E-state index contributed by atoms with van der Waals surface area (Å²) in [6, 6.07) is 6.66. The molecule has 0 atom stereocenters. The van der Waals surface area contributed by atoms with Crippen LogP contribution in [-0.4, -0.2) is 21.0 Å². The third-order valence-electron chi connectivity index (χ3n) is 5.46. The Morgan fingerprint density at radius 1 is 1.03 bits per heavy atom. The molecule has 5 nitrogen and oxygen atoms in total. The van der Waals surface area contributed by atoms with E-state index in [1.54, 1.807) is 18.5 Å². The molecular formula is C24H24ClF2N5S. The van der Waals surface area contributed by atoms with Gasteiger partial charge < -0.3 is 10.0 Å². The highest BCUT2D eigenvalue weighted by Crippen LogP contribution is 2.31. The van der Waals surface area contributed by atoms with Crippen molar-refractivity contribution in [3.63, 3.8) is 0 Å². The summed E-state index contributed by atoms with van der Waals surface area (Å²) in [5.41, 5.74) is 2.65. The molecule has 0 radical (unpaired) electrons. The van der Waals surface area contributed by atoms with Crippen LogP contribution in [0, 0.1) is 18.6 Å². The van der Waals surface area contributed by atoms with Gasteiger partial charge in [-0.15, -0.1) is 0 Å². The summed E-state index contributed by atoms with van der Waals surface area (Å²) in [6.07, 6.45) is 13.7. The predicted octanol–water partition coefficient (Wildman–Crippen LogP) is 7.15. The summed E-state index contributed by atoms with van der Waals surface area (Å²) in [5.74, 6) is -0.784. The van der Waals surface area contributed by atoms with E-state index in [-0.39, 0.29) is 5.02 Å². The van der Waals surface area contributed by atoms with Crippen LogP contribution in [0.15, 0.2) is 41.6 Å². The standard InChI is InChI=1S/C24H24ClF2N5S/c1-15-17(8-7-16-13-28-24(29-14-16)31-18-5-3-2-4-6-18)9-12-21(30-15)32-33-20-11-10-19(26)23(27)22(20)25/h7-14,18H,2-6H2,1H3,(H,30,32)(H,28,29,31)/b8-7+. The van der Waals surface area contributed by atoms with Crippen molar-refractivity contribution in [2.24, 2.45) is 0 Å². The van der Waals surface area contributed by atoms with Crippen molar-refractivity contribution in [1.29, 1.82) is 0 Å². The highest BCUT2D eigenvalue weighted by atomic mass is 35.5. The molecule has 0 unspecified atom stereocenters. The Morgan fingerprint density at radius 3 is 2.52 bits per heavy atom. The summed E-state index contributed by atoms with van der Waals surface area (Å²) in [6.45, 7) is 1.90. The van der Waals surface area contributed by atoms with Gasteiger partial charge in [-0.25, -0.2) is 23.7 Å². The number of nitrogens with one attached hydrogen (secondary N) is 2. The van der Waals surface area contributed by atoms with Crippen molar-refractivity contribution >= 4 is 47.5 Å². The Hall–Kier alpha value is -2.71. The van der Waals surface area contributed by atoms with Gasteiger partial charge in [0, 0.05) is 29.7 Å². The zero-order valence-electron chi connectivity index (χ0n) is 18.1. The Balaban J connectivity index is 1.35. The molecule has 172 valence electrons. The van der Waals surface area contributed by atoms with Crippen LogP contribution in [0.2, 0.25) is 5.02 Å². The van der Waals surface area contributed by atoms with Crippen LogP contribution in [0.4, 0.5) is 20.5 Å². The van der Waals surface area contributed by atoms with Gasteiger partial charge in [0.15, 0.2) is 11.6 Å². The topological polar surface area (TPSA) is 62.7 Å². The molecular weight excluding hydrogens is 464 g/mol. The molecule has 33 heavy (non-hydrogen) atoms. The molecule has 4 rings (SSSR count). The predicted molar refractivity (Wildman–Crippen MR) is 131 cm³/mol. The van der Waals surface area contributed by atoms with E-state index in [4.69, 9.17) is 11.6 Å². The fraction of sp³-hybridized carbons (Fsp3) is 0.292. The summed E-state index contributed by atoms with van der Waals surface area (Å²) >= 11 is 6.93. The fourth-order valence-corrected chi connectivity index (χ4v) is 4.53. The summed E-state index contributed by atoms with van der Waals surface area (Å²) in [4.78, 5) is 13.8. The summed E-state index contributed by atoms with van der Waals surface area (Å²) < 4.78 is 29.8. The minimum absolute atomic E-state index is 0.258. The van der Waals surface area contributed by atoms with Crippen molar-refractivity contribution in [3.8, 4) is 0 Å². The average Bonchev–Trinajstić information content (AvgIpc) is 2.83. The molecule has 3 aromatic rings. The van der Waals surface area contributed by atoms with E-state index in [1.165, 1.54) is 38.2 Å². The number of hydrogen-bond acceptors (Lipinski definition) is 6. The Bertz CT molecular complexity index is 1130. The van der Waals surface area contributed by atoms with Crippen molar-refractivity contribution in [2.75, 3.05) is 10.0 Å². The van der Waals surface area contributed by atoms with Crippen LogP contribution in [0.25, 0.3) is 12.2 Å². The maximum atomic E-state index is 13.6. The van der Waals surface area contributed by atoms with E-state index in [0.717, 1.165) is 34.8 Å². The van der Waals surface area contributed by atoms with E-state index in [2.05, 4.69) is 25.0 Å². The first-order valence-corrected chi connectivity index (χ1v) is 12.0. The molecule has 9 heteroatoms. The number of aryl methyl sites for hydroxylation is 1. The lowest BCUT2D eigenvalue weighted by Crippen LogP contribution is -2.23. The van der Waals surface area contributed by atoms with Crippen molar-refractivity contribution in [2.45, 2.75) is 50.0 Å². The van der Waals surface area contributed by atoms with Crippen LogP contribution >= 0.6 is 23.5 Å². The second-order valence-electron chi connectivity index (χ2n) is 7.90. The van der Waals surface area contributed by atoms with Gasteiger partial charge in [0.1, 0.15) is 5.82 Å². The van der Waals surface area contributed by atoms with E-state index in [0.29, 0.717) is 22.7 Å². The average molecular weight is 488 g/mol. The number of aromatic nitrogens is 3. The maximum Gasteiger partial charge on any atom is 0.222 e. The number of hydrogen-bond donors (Lipinski definition) is 2. The van der Waals surface area contributed by atoms with E-state index in [1.807, 2.05) is 25.1 Å². The van der Waals surface area contributed by atoms with Gasteiger partial charge in [-0.05, 0) is 61.5 Å². The lowest BCUT2D eigenvalue weighted by atomic mass is 9.96. The lowest BCUT2D eigenvalue weighted by molar-refractivity contribution is 0.461. The van der Waals surface area contributed by atoms with Crippen molar-refractivity contribution < 1.29 is 8.78 Å². The fourth-order valence-electron chi connectivity index (χ4n) is 3.61. The Morgan fingerprint density at radius 2 is 1.79 bits per heavy atom. The molecule has 0 amide bonds. The number of benzene rings is 1. The molecule has 1 fully saturated rings. The molecule has 0 spiro atoms. The first-order valence-electron chi connectivity index (χ1n) is 10.8. The monoisotopic (exact) mass is 487 g/mol. The molecule has 1 aromatic carbocycles. The van der Waals surface area contributed by atoms with Gasteiger partial charge in [0.25, 0.3) is 0 Å². The van der Waals surface area contributed by atoms with Crippen LogP contribution in [-0.2, 0) is 0 Å². The third kappa shape index (κ3) is 6.21. The molecule has 2 aromatic heterocycles. The molecule has 2 N–H and O–H groups in total. The molecule has 1 aliphatic carbocycles. The van der Waals surface area contributed by atoms with Crippen molar-refractivity contribution in [1.82, 2.24) is 15.0 Å². The quantitative estimate of drug-likeness (QED) is 0.272. The normalized spacial score (nSPS) is 14.5. The van der Waals surface area contributed by atoms with Gasteiger partial charge in [-0.3, -0.25) is 0 Å². The molecule has 1 aliphatic rings. The largest absolute Gasteiger partial charge is 0.351 e. The van der Waals surface area contributed by atoms with E-state index < -0.39 is 11.6 Å². The first kappa shape index (κ1) is 23.4. The molecule has 0 saturated heterocycles. The summed E-state index contributed by atoms with van der Waals surface area (Å²) in [7, 11) is 0. The Labute approximate surface area is 201 Å². The molecule has 0 aliphatic heterocycles. The van der Waals surface area contributed by atoms with Crippen LogP contribution in [0.1, 0.15) is 48.9 Å². The second kappa shape index (κ2) is 10.9. The smallest absolute Gasteiger partial charge is 0.222 e. The van der Waals surface area contributed by atoms with Gasteiger partial charge in [0.2, 0.25) is 5.95 Å². The molecule has 1 saturated carbocycles. The maximum absolute atomic E-state index is 13.6. The minimum Gasteiger partial charge on any atom is -0.351 e. The number of halogens is 3. The second-order valence-corrected chi connectivity index (χ2v) is 9.13. The van der Waals surface area contributed by atoms with E-state index in [9.17, 15) is 8.78 Å². The third-order valence-corrected chi connectivity index (χ3v) is 6.81. The molecule has 2 heterocycles.